The number of alkyl halides is 9. The second kappa shape index (κ2) is 15.3. The van der Waals surface area contributed by atoms with Crippen LogP contribution in [-0.2, 0) is 32.8 Å². The summed E-state index contributed by atoms with van der Waals surface area (Å²) in [6.07, 6.45) is -5.21. The average Bonchev–Trinajstić information content (AvgIpc) is 3.50. The third kappa shape index (κ3) is 12.1. The number of piperidine rings is 1. The van der Waals surface area contributed by atoms with Crippen LogP contribution in [0.25, 0.3) is 0 Å². The number of likely N-dealkylation sites (tertiary alicyclic amines) is 1. The second-order valence-electron chi connectivity index (χ2n) is 8.84. The third-order valence-electron chi connectivity index (χ3n) is 5.68. The van der Waals surface area contributed by atoms with Crippen molar-refractivity contribution < 1.29 is 74.0 Å². The third-order valence-corrected chi connectivity index (χ3v) is 5.68. The van der Waals surface area contributed by atoms with Crippen molar-refractivity contribution in [2.45, 2.75) is 56.4 Å². The minimum atomic E-state index is -5.08. The van der Waals surface area contributed by atoms with Gasteiger partial charge in [0.05, 0.1) is 17.9 Å². The summed E-state index contributed by atoms with van der Waals surface area (Å²) in [4.78, 5) is 47.8. The molecule has 0 spiro atoms. The fourth-order valence-electron chi connectivity index (χ4n) is 3.94. The molecule has 2 atom stereocenters. The zero-order valence-electron chi connectivity index (χ0n) is 22.3. The Hall–Kier alpha value is -4.43. The van der Waals surface area contributed by atoms with E-state index < -0.39 is 36.4 Å². The molecule has 4 rings (SSSR count). The Morgan fingerprint density at radius 1 is 0.864 bits per heavy atom. The molecule has 3 N–H and O–H groups in total. The van der Waals surface area contributed by atoms with E-state index in [0.29, 0.717) is 12.5 Å². The number of halogens is 9. The molecule has 2 fully saturated rings. The molecule has 2 aromatic heterocycles. The zero-order chi connectivity index (χ0) is 34.0. The number of amides is 1. The van der Waals surface area contributed by atoms with Gasteiger partial charge < -0.3 is 20.2 Å². The standard InChI is InChI=1S/C17H21N5O.3C2HF3O2/c1-20-12-14(10-19-20)22-16-6-8-21(15(16)4-5-17(22)23)11-13-3-2-7-18-9-13;3*3-2(4,5)1(6)7/h2-3,7,9-10,12,15-16H,4-6,8,11H2,1H3;3*(H,6,7)/t15-,16-;;;/m1.../s1. The molecule has 44 heavy (non-hydrogen) atoms. The first-order chi connectivity index (χ1) is 20.1. The number of carboxylic acid groups (broad SMARTS) is 3. The van der Waals surface area contributed by atoms with Crippen molar-refractivity contribution in [1.29, 1.82) is 0 Å². The van der Waals surface area contributed by atoms with Crippen molar-refractivity contribution in [1.82, 2.24) is 19.7 Å². The van der Waals surface area contributed by atoms with Crippen LogP contribution in [0.2, 0.25) is 0 Å². The van der Waals surface area contributed by atoms with Crippen molar-refractivity contribution >= 4 is 29.5 Å². The molecule has 1 amide bonds. The van der Waals surface area contributed by atoms with Crippen LogP contribution in [0.4, 0.5) is 45.2 Å². The molecule has 0 aliphatic carbocycles. The van der Waals surface area contributed by atoms with Crippen LogP contribution in [0.15, 0.2) is 36.9 Å². The predicted molar refractivity (Wildman–Crippen MR) is 128 cm³/mol. The lowest BCUT2D eigenvalue weighted by Crippen LogP contribution is -2.52. The van der Waals surface area contributed by atoms with Crippen molar-refractivity contribution in [3.8, 4) is 0 Å². The molecule has 2 saturated heterocycles. The maximum atomic E-state index is 12.5. The highest BCUT2D eigenvalue weighted by molar-refractivity contribution is 5.94. The predicted octanol–water partition coefficient (Wildman–Crippen LogP) is 3.48. The van der Waals surface area contributed by atoms with Gasteiger partial charge in [-0.3, -0.25) is 19.4 Å². The van der Waals surface area contributed by atoms with Crippen LogP contribution in [-0.4, -0.2) is 96.0 Å². The highest BCUT2D eigenvalue weighted by Gasteiger charge is 2.44. The normalized spacial score (nSPS) is 18.4. The number of pyridine rings is 1. The lowest BCUT2D eigenvalue weighted by atomic mass is 9.95. The summed E-state index contributed by atoms with van der Waals surface area (Å²) < 4.78 is 97.0. The Morgan fingerprint density at radius 2 is 1.36 bits per heavy atom. The Labute approximate surface area is 241 Å². The number of hydrogen-bond acceptors (Lipinski definition) is 7. The SMILES string of the molecule is Cn1cc(N2C(=O)CC[C@@H]3[C@H]2CCN3Cc2cccnc2)cn1.O=C(O)C(F)(F)F.O=C(O)C(F)(F)F.O=C(O)C(F)(F)F. The number of rotatable bonds is 3. The van der Waals surface area contributed by atoms with Gasteiger partial charge in [-0.25, -0.2) is 14.4 Å². The van der Waals surface area contributed by atoms with Crippen LogP contribution in [0.1, 0.15) is 24.8 Å². The first kappa shape index (κ1) is 37.6. The van der Waals surface area contributed by atoms with E-state index in [1.165, 1.54) is 5.56 Å². The van der Waals surface area contributed by atoms with Gasteiger partial charge in [-0.05, 0) is 24.5 Å². The number of aliphatic carboxylic acids is 3. The minimum Gasteiger partial charge on any atom is -0.475 e. The van der Waals surface area contributed by atoms with Gasteiger partial charge in [0.25, 0.3) is 0 Å². The van der Waals surface area contributed by atoms with E-state index in [4.69, 9.17) is 29.7 Å². The maximum absolute atomic E-state index is 12.5. The minimum absolute atomic E-state index is 0.225. The van der Waals surface area contributed by atoms with Crippen LogP contribution in [0.3, 0.4) is 0 Å². The van der Waals surface area contributed by atoms with E-state index >= 15 is 0 Å². The molecule has 0 radical (unpaired) electrons. The summed E-state index contributed by atoms with van der Waals surface area (Å²) in [6, 6.07) is 4.79. The largest absolute Gasteiger partial charge is 0.490 e. The number of carbonyl (C=O) groups is 4. The molecule has 0 unspecified atom stereocenters. The van der Waals surface area contributed by atoms with Crippen LogP contribution in [0, 0.1) is 0 Å². The van der Waals surface area contributed by atoms with E-state index in [9.17, 15) is 44.3 Å². The molecule has 2 aromatic rings. The Bertz CT molecular complexity index is 1210. The van der Waals surface area contributed by atoms with Gasteiger partial charge in [0.1, 0.15) is 0 Å². The molecule has 2 aliphatic rings. The summed E-state index contributed by atoms with van der Waals surface area (Å²) in [6.45, 7) is 1.93. The first-order valence-electron chi connectivity index (χ1n) is 11.9. The molecule has 21 heteroatoms. The summed E-state index contributed by atoms with van der Waals surface area (Å²) in [5, 5.41) is 25.6. The van der Waals surface area contributed by atoms with E-state index in [0.717, 1.165) is 31.6 Å². The van der Waals surface area contributed by atoms with Gasteiger partial charge in [0, 0.05) is 51.2 Å². The molecule has 246 valence electrons. The van der Waals surface area contributed by atoms with Crippen molar-refractivity contribution in [2.75, 3.05) is 11.4 Å². The topological polar surface area (TPSA) is 166 Å². The van der Waals surface area contributed by atoms with E-state index in [1.807, 2.05) is 30.4 Å². The Morgan fingerprint density at radius 3 is 1.75 bits per heavy atom. The summed E-state index contributed by atoms with van der Waals surface area (Å²) in [7, 11) is 1.89. The molecule has 0 aromatic carbocycles. The fourth-order valence-corrected chi connectivity index (χ4v) is 3.94. The lowest BCUT2D eigenvalue weighted by Gasteiger charge is -2.39. The molecule has 0 bridgehead atoms. The van der Waals surface area contributed by atoms with Crippen LogP contribution < -0.4 is 4.90 Å². The fraction of sp³-hybridized carbons (Fsp3) is 0.478. The smallest absolute Gasteiger partial charge is 0.475 e. The first-order valence-corrected chi connectivity index (χ1v) is 11.9. The number of hydrogen-bond donors (Lipinski definition) is 3. The number of aromatic nitrogens is 3. The summed E-state index contributed by atoms with van der Waals surface area (Å²) >= 11 is 0. The van der Waals surface area contributed by atoms with Gasteiger partial charge in [-0.1, -0.05) is 6.07 Å². The zero-order valence-corrected chi connectivity index (χ0v) is 22.3. The van der Waals surface area contributed by atoms with E-state index in [2.05, 4.69) is 21.0 Å². The highest BCUT2D eigenvalue weighted by Crippen LogP contribution is 2.35. The molecule has 12 nitrogen and oxygen atoms in total. The van der Waals surface area contributed by atoms with Crippen LogP contribution in [0.5, 0.6) is 0 Å². The quantitative estimate of drug-likeness (QED) is 0.418. The van der Waals surface area contributed by atoms with E-state index in [1.54, 1.807) is 17.1 Å². The molecular weight excluding hydrogens is 629 g/mol. The molecule has 4 heterocycles. The van der Waals surface area contributed by atoms with E-state index in [-0.39, 0.29) is 11.9 Å². The molecule has 2 aliphatic heterocycles. The average molecular weight is 653 g/mol. The highest BCUT2D eigenvalue weighted by atomic mass is 19.4. The van der Waals surface area contributed by atoms with Gasteiger partial charge in [0.15, 0.2) is 0 Å². The van der Waals surface area contributed by atoms with Gasteiger partial charge >= 0.3 is 36.4 Å². The summed E-state index contributed by atoms with van der Waals surface area (Å²) in [5.74, 6) is -8.05. The van der Waals surface area contributed by atoms with Crippen molar-refractivity contribution in [2.24, 2.45) is 7.05 Å². The number of carbonyl (C=O) groups excluding carboxylic acids is 1. The monoisotopic (exact) mass is 653 g/mol. The molecular formula is C23H24F9N5O7. The van der Waals surface area contributed by atoms with Gasteiger partial charge in [0.2, 0.25) is 5.91 Å². The number of aryl methyl sites for hydroxylation is 1. The molecule has 0 saturated carbocycles. The number of fused-ring (bicyclic) bond motifs is 1. The van der Waals surface area contributed by atoms with Crippen molar-refractivity contribution in [3.05, 3.63) is 42.5 Å². The maximum Gasteiger partial charge on any atom is 0.490 e. The second-order valence-corrected chi connectivity index (χ2v) is 8.84. The lowest BCUT2D eigenvalue weighted by molar-refractivity contribution is -0.193. The van der Waals surface area contributed by atoms with Crippen LogP contribution >= 0.6 is 0 Å². The number of nitrogens with zero attached hydrogens (tertiary/aromatic N) is 5. The Balaban J connectivity index is 0.000000379. The Kier molecular flexibility index (Phi) is 13.1. The number of anilines is 1. The number of carboxylic acids is 3. The summed E-state index contributed by atoms with van der Waals surface area (Å²) in [5.41, 5.74) is 2.16. The van der Waals surface area contributed by atoms with Gasteiger partial charge in [-0.2, -0.15) is 44.6 Å². The van der Waals surface area contributed by atoms with Gasteiger partial charge in [-0.15, -0.1) is 0 Å². The van der Waals surface area contributed by atoms with Crippen molar-refractivity contribution in [3.63, 3.8) is 0 Å².